The Bertz CT molecular complexity index is 678. The van der Waals surface area contributed by atoms with Crippen LogP contribution in [0.3, 0.4) is 0 Å². The number of benzene rings is 1. The van der Waals surface area contributed by atoms with Crippen LogP contribution in [0.15, 0.2) is 24.3 Å². The molecule has 0 aromatic heterocycles. The van der Waals surface area contributed by atoms with Crippen LogP contribution in [0.1, 0.15) is 6.42 Å². The first-order chi connectivity index (χ1) is 12.6. The molecule has 3 aliphatic rings. The van der Waals surface area contributed by atoms with Gasteiger partial charge >= 0.3 is 6.03 Å². The highest BCUT2D eigenvalue weighted by atomic mass is 19.1. The molecule has 3 atom stereocenters. The van der Waals surface area contributed by atoms with E-state index in [4.69, 9.17) is 9.47 Å². The van der Waals surface area contributed by atoms with Gasteiger partial charge in [0.05, 0.1) is 31.3 Å². The zero-order chi connectivity index (χ0) is 18.1. The van der Waals surface area contributed by atoms with E-state index in [1.807, 2.05) is 4.90 Å². The van der Waals surface area contributed by atoms with Gasteiger partial charge in [0.25, 0.3) is 0 Å². The second kappa shape index (κ2) is 7.20. The quantitative estimate of drug-likeness (QED) is 0.860. The lowest BCUT2D eigenvalue weighted by Crippen LogP contribution is -2.50. The number of rotatable bonds is 2. The summed E-state index contributed by atoms with van der Waals surface area (Å²) in [5, 5.41) is 2.77. The summed E-state index contributed by atoms with van der Waals surface area (Å²) in [6.07, 6.45) is 0.243. The molecule has 3 saturated heterocycles. The zero-order valence-corrected chi connectivity index (χ0v) is 14.4. The van der Waals surface area contributed by atoms with Crippen LogP contribution in [0.4, 0.5) is 14.9 Å². The van der Waals surface area contributed by atoms with E-state index in [-0.39, 0.29) is 35.9 Å². The molecule has 3 heterocycles. The van der Waals surface area contributed by atoms with Crippen molar-refractivity contribution in [1.29, 1.82) is 0 Å². The number of ether oxygens (including phenoxy) is 2. The molecule has 1 N–H and O–H groups in total. The molecule has 0 saturated carbocycles. The Morgan fingerprint density at radius 3 is 2.54 bits per heavy atom. The van der Waals surface area contributed by atoms with Crippen LogP contribution in [0.2, 0.25) is 0 Å². The maximum atomic E-state index is 13.0. The topological polar surface area (TPSA) is 71.1 Å². The van der Waals surface area contributed by atoms with Gasteiger partial charge in [-0.1, -0.05) is 0 Å². The Balaban J connectivity index is 1.37. The number of hydrogen-bond donors (Lipinski definition) is 1. The molecule has 0 aliphatic carbocycles. The number of urea groups is 1. The van der Waals surface area contributed by atoms with E-state index in [9.17, 15) is 14.0 Å². The Morgan fingerprint density at radius 2 is 1.81 bits per heavy atom. The molecule has 3 aliphatic heterocycles. The van der Waals surface area contributed by atoms with Gasteiger partial charge in [-0.2, -0.15) is 0 Å². The molecular formula is C18H22FN3O4. The first kappa shape index (κ1) is 17.2. The van der Waals surface area contributed by atoms with Gasteiger partial charge in [0.2, 0.25) is 5.91 Å². The molecule has 0 radical (unpaired) electrons. The van der Waals surface area contributed by atoms with E-state index in [0.29, 0.717) is 51.5 Å². The van der Waals surface area contributed by atoms with Crippen molar-refractivity contribution in [3.05, 3.63) is 30.1 Å². The van der Waals surface area contributed by atoms with Gasteiger partial charge < -0.3 is 24.6 Å². The molecule has 26 heavy (non-hydrogen) atoms. The van der Waals surface area contributed by atoms with E-state index < -0.39 is 0 Å². The van der Waals surface area contributed by atoms with Crippen LogP contribution in [-0.2, 0) is 14.3 Å². The summed E-state index contributed by atoms with van der Waals surface area (Å²) >= 11 is 0. The van der Waals surface area contributed by atoms with Gasteiger partial charge in [0, 0.05) is 31.9 Å². The monoisotopic (exact) mass is 363 g/mol. The highest BCUT2D eigenvalue weighted by Gasteiger charge is 2.47. The minimum atomic E-state index is -0.350. The third-order valence-electron chi connectivity index (χ3n) is 5.18. The van der Waals surface area contributed by atoms with Crippen molar-refractivity contribution in [2.45, 2.75) is 18.6 Å². The lowest BCUT2D eigenvalue weighted by Gasteiger charge is -2.34. The highest BCUT2D eigenvalue weighted by Crippen LogP contribution is 2.33. The third kappa shape index (κ3) is 3.52. The minimum absolute atomic E-state index is 0.0987. The van der Waals surface area contributed by atoms with Crippen molar-refractivity contribution in [3.63, 3.8) is 0 Å². The van der Waals surface area contributed by atoms with Crippen LogP contribution >= 0.6 is 0 Å². The molecule has 0 unspecified atom stereocenters. The van der Waals surface area contributed by atoms with Gasteiger partial charge in [0.1, 0.15) is 5.82 Å². The molecule has 1 aromatic carbocycles. The Morgan fingerprint density at radius 1 is 1.08 bits per heavy atom. The second-order valence-electron chi connectivity index (χ2n) is 6.92. The molecule has 4 rings (SSSR count). The fourth-order valence-electron chi connectivity index (χ4n) is 3.84. The van der Waals surface area contributed by atoms with Gasteiger partial charge in [-0.15, -0.1) is 0 Å². The highest BCUT2D eigenvalue weighted by molar-refractivity contribution is 5.89. The number of amides is 3. The summed E-state index contributed by atoms with van der Waals surface area (Å²) in [6, 6.07) is 5.39. The van der Waals surface area contributed by atoms with E-state index in [1.54, 1.807) is 4.90 Å². The Hall–Kier alpha value is -2.19. The second-order valence-corrected chi connectivity index (χ2v) is 6.92. The first-order valence-corrected chi connectivity index (χ1v) is 8.93. The number of fused-ring (bicyclic) bond motifs is 2. The molecule has 7 nitrogen and oxygen atoms in total. The summed E-state index contributed by atoms with van der Waals surface area (Å²) in [5.41, 5.74) is 0.538. The molecule has 8 heteroatoms. The normalized spacial score (nSPS) is 28.1. The van der Waals surface area contributed by atoms with Crippen molar-refractivity contribution in [2.24, 2.45) is 5.92 Å². The Kier molecular flexibility index (Phi) is 4.78. The number of hydrogen-bond acceptors (Lipinski definition) is 4. The van der Waals surface area contributed by atoms with Gasteiger partial charge in [-0.05, 0) is 30.7 Å². The average molecular weight is 363 g/mol. The van der Waals surface area contributed by atoms with Gasteiger partial charge in [-0.3, -0.25) is 4.79 Å². The van der Waals surface area contributed by atoms with Crippen LogP contribution in [0.25, 0.3) is 0 Å². The number of anilines is 1. The van der Waals surface area contributed by atoms with Crippen molar-refractivity contribution >= 4 is 17.6 Å². The lowest BCUT2D eigenvalue weighted by molar-refractivity contribution is -0.142. The van der Waals surface area contributed by atoms with Crippen LogP contribution in [0.5, 0.6) is 0 Å². The number of nitrogens with zero attached hydrogens (tertiary/aromatic N) is 2. The smallest absolute Gasteiger partial charge is 0.322 e. The third-order valence-corrected chi connectivity index (χ3v) is 5.18. The summed E-state index contributed by atoms with van der Waals surface area (Å²) in [5.74, 6) is -0.458. The van der Waals surface area contributed by atoms with Gasteiger partial charge in [0.15, 0.2) is 0 Å². The fraction of sp³-hybridized carbons (Fsp3) is 0.556. The average Bonchev–Trinajstić information content (AvgIpc) is 2.97. The van der Waals surface area contributed by atoms with E-state index in [0.717, 1.165) is 0 Å². The van der Waals surface area contributed by atoms with Crippen molar-refractivity contribution < 1.29 is 23.5 Å². The minimum Gasteiger partial charge on any atom is -0.378 e. The summed E-state index contributed by atoms with van der Waals surface area (Å²) in [6.45, 7) is 3.20. The summed E-state index contributed by atoms with van der Waals surface area (Å²) < 4.78 is 24.2. The van der Waals surface area contributed by atoms with E-state index >= 15 is 0 Å². The number of halogens is 1. The molecular weight excluding hydrogens is 341 g/mol. The van der Waals surface area contributed by atoms with Crippen molar-refractivity contribution in [1.82, 2.24) is 9.80 Å². The Labute approximate surface area is 151 Å². The summed E-state index contributed by atoms with van der Waals surface area (Å²) in [7, 11) is 0. The zero-order valence-electron chi connectivity index (χ0n) is 14.4. The first-order valence-electron chi connectivity index (χ1n) is 8.93. The number of carbonyl (C=O) groups excluding carboxylic acids is 2. The largest absolute Gasteiger partial charge is 0.378 e. The van der Waals surface area contributed by atoms with Crippen LogP contribution in [-0.4, -0.2) is 73.3 Å². The maximum Gasteiger partial charge on any atom is 0.322 e. The molecule has 140 valence electrons. The number of morpholine rings is 2. The molecule has 2 bridgehead atoms. The number of likely N-dealkylation sites (tertiary alicyclic amines) is 1. The van der Waals surface area contributed by atoms with E-state index in [1.165, 1.54) is 24.3 Å². The van der Waals surface area contributed by atoms with Crippen LogP contribution in [0, 0.1) is 11.7 Å². The van der Waals surface area contributed by atoms with Crippen molar-refractivity contribution in [2.75, 3.05) is 44.7 Å². The maximum absolute atomic E-state index is 13.0. The number of nitrogens with one attached hydrogen (secondary N) is 1. The molecule has 3 fully saturated rings. The van der Waals surface area contributed by atoms with Crippen LogP contribution < -0.4 is 5.32 Å². The standard InChI is InChI=1S/C18H22FN3O4/c19-12-1-3-13(4-2-12)20-18(24)22-10-14-9-15(16(11-22)26-14)17(23)21-5-7-25-8-6-21/h1-4,14-16H,5-11H2,(H,20,24)/t14-,15+,16-/m1/s1. The predicted octanol–water partition coefficient (Wildman–Crippen LogP) is 1.31. The number of carbonyl (C=O) groups is 2. The molecule has 0 spiro atoms. The fourth-order valence-corrected chi connectivity index (χ4v) is 3.84. The molecule has 3 amide bonds. The van der Waals surface area contributed by atoms with Gasteiger partial charge in [-0.25, -0.2) is 9.18 Å². The summed E-state index contributed by atoms with van der Waals surface area (Å²) in [4.78, 5) is 28.8. The predicted molar refractivity (Wildman–Crippen MR) is 91.2 cm³/mol. The van der Waals surface area contributed by atoms with Crippen molar-refractivity contribution in [3.8, 4) is 0 Å². The van der Waals surface area contributed by atoms with E-state index in [2.05, 4.69) is 5.32 Å². The lowest BCUT2D eigenvalue weighted by atomic mass is 9.98. The molecule has 1 aromatic rings. The SMILES string of the molecule is O=C(Nc1ccc(F)cc1)N1C[C@H]2C[C@H](C(=O)N3CCOCC3)[C@@H](C1)O2.